The number of hydrogen-bond donors (Lipinski definition) is 1. The monoisotopic (exact) mass is 1180 g/mol. The first-order chi connectivity index (χ1) is 40.3. The molecule has 85 heavy (non-hydrogen) atoms. The molecule has 462 valence electrons. The zero-order chi connectivity index (χ0) is 62.3. The van der Waals surface area contributed by atoms with Crippen molar-refractivity contribution >= 4 is 53.2 Å². The highest BCUT2D eigenvalue weighted by Gasteiger charge is 2.45. The van der Waals surface area contributed by atoms with Gasteiger partial charge in [-0.3, -0.25) is 33.6 Å². The lowest BCUT2D eigenvalue weighted by Gasteiger charge is -2.37. The molecule has 1 unspecified atom stereocenters. The fraction of sp³-hybridized carbons (Fsp3) is 0.540. The highest BCUT2D eigenvalue weighted by molar-refractivity contribution is 6.38. The number of piperidine rings is 1. The predicted molar refractivity (Wildman–Crippen MR) is 312 cm³/mol. The molecule has 6 amide bonds. The number of methoxy groups -OCH3 is 3. The molecule has 3 aliphatic rings. The molecule has 0 saturated carbocycles. The van der Waals surface area contributed by atoms with Gasteiger partial charge in [0.2, 0.25) is 35.2 Å². The van der Waals surface area contributed by atoms with Crippen molar-refractivity contribution in [1.82, 2.24) is 29.8 Å². The van der Waals surface area contributed by atoms with Gasteiger partial charge in [0, 0.05) is 46.9 Å². The topological polar surface area (TPSA) is 246 Å². The number of likely N-dealkylation sites (N-methyl/N-ethyl adjacent to an activating group) is 3. The van der Waals surface area contributed by atoms with Crippen LogP contribution < -0.4 is 24.3 Å². The molecular weight excluding hydrogens is 1100 g/mol. The molecule has 3 aromatic carbocycles. The number of ether oxygens (including phenoxy) is 7. The number of esters is 2. The van der Waals surface area contributed by atoms with Crippen LogP contribution in [0.5, 0.6) is 23.0 Å². The summed E-state index contributed by atoms with van der Waals surface area (Å²) in [5.41, 5.74) is -0.631. The fourth-order valence-electron chi connectivity index (χ4n) is 10.3. The largest absolute Gasteiger partial charge is 0.493 e. The Morgan fingerprint density at radius 2 is 1.36 bits per heavy atom. The van der Waals surface area contributed by atoms with E-state index in [1.807, 2.05) is 0 Å². The lowest BCUT2D eigenvalue weighted by Crippen LogP contribution is -2.58. The number of aryl methyl sites for hydroxylation is 1. The van der Waals surface area contributed by atoms with Gasteiger partial charge in [-0.1, -0.05) is 48.5 Å². The summed E-state index contributed by atoms with van der Waals surface area (Å²) in [6.07, 6.45) is 4.56. The summed E-state index contributed by atoms with van der Waals surface area (Å²) in [7, 11) is 8.93. The summed E-state index contributed by atoms with van der Waals surface area (Å²) in [4.78, 5) is 134. The number of ketones is 1. The quantitative estimate of drug-likeness (QED) is 0.203. The van der Waals surface area contributed by atoms with Crippen LogP contribution in [0.4, 0.5) is 0 Å². The first-order valence-corrected chi connectivity index (χ1v) is 28.8. The maximum absolute atomic E-state index is 14.9. The van der Waals surface area contributed by atoms with Gasteiger partial charge in [-0.05, 0) is 134 Å². The van der Waals surface area contributed by atoms with E-state index < -0.39 is 108 Å². The second kappa shape index (κ2) is 29.7. The van der Waals surface area contributed by atoms with E-state index in [2.05, 4.69) is 5.32 Å². The third-order valence-corrected chi connectivity index (χ3v) is 15.6. The summed E-state index contributed by atoms with van der Waals surface area (Å²) in [6.45, 7) is 9.10. The first kappa shape index (κ1) is 66.1. The minimum atomic E-state index is -1.51. The van der Waals surface area contributed by atoms with Gasteiger partial charge in [0.1, 0.15) is 48.7 Å². The van der Waals surface area contributed by atoms with Gasteiger partial charge in [-0.25, -0.2) is 9.59 Å². The maximum atomic E-state index is 14.9. The summed E-state index contributed by atoms with van der Waals surface area (Å²) in [5.74, 6) is -4.76. The Labute approximate surface area is 498 Å². The van der Waals surface area contributed by atoms with Crippen LogP contribution in [0.25, 0.3) is 0 Å². The maximum Gasteiger partial charge on any atom is 0.330 e. The SMILES string of the molecule is COc1cc(CC[C@H]2OC(=O)[C@@H]3CCCCN3C(=O)C(=O)C(C)(C)COC(=O)C=CCCN(C)C(=O)[C@@H]3CCCN3C(=O)[C@H](COC(C)(C)C)N(C)C(=O)C(c3ccccc3)NC(=O)[C@H](C)N(C)C(=O)COc3cccc2c3)cc(OC)c1OC. The highest BCUT2D eigenvalue weighted by atomic mass is 16.6. The van der Waals surface area contributed by atoms with Gasteiger partial charge in [0.15, 0.2) is 18.1 Å². The molecule has 22 nitrogen and oxygen atoms in total. The standard InChI is InChI=1S/C63H84N6O16/c1-40-56(73)64-53(42-22-14-13-15-23-42)59(76)67(9)47(37-84-62(2,3)4)58(75)68-33-21-27-45(68)57(74)65(7)31-18-17-28-52(71)83-39-63(5,6)55(72)60(77)69-32-19-16-26-46(69)61(78)85-48(43-24-20-25-44(36-43)82-38-51(70)66(40)8)30-29-41-34-49(79-10)54(81-12)50(35-41)80-11/h13-15,17,20,22-25,28,34-36,40,45-48,53H,16,18-19,21,26-27,29-33,37-39H2,1-12H3,(H,64,73)/t40-,45-,46-,47-,48+,53?/m0/s1. The van der Waals surface area contributed by atoms with Gasteiger partial charge < -0.3 is 63.0 Å². The Morgan fingerprint density at radius 1 is 0.706 bits per heavy atom. The summed E-state index contributed by atoms with van der Waals surface area (Å²) in [5, 5.41) is 2.83. The molecule has 22 heteroatoms. The van der Waals surface area contributed by atoms with Crippen molar-refractivity contribution in [2.45, 2.75) is 135 Å². The van der Waals surface area contributed by atoms with Crippen molar-refractivity contribution in [3.05, 3.63) is 95.6 Å². The molecule has 6 rings (SSSR count). The average molecular weight is 1180 g/mol. The Balaban J connectivity index is 1.33. The van der Waals surface area contributed by atoms with E-state index in [9.17, 15) is 43.2 Å². The van der Waals surface area contributed by atoms with Crippen LogP contribution in [0, 0.1) is 5.41 Å². The van der Waals surface area contributed by atoms with Crippen LogP contribution in [0.15, 0.2) is 78.9 Å². The van der Waals surface area contributed by atoms with Crippen LogP contribution >= 0.6 is 0 Å². The first-order valence-electron chi connectivity index (χ1n) is 28.8. The van der Waals surface area contributed by atoms with Crippen molar-refractivity contribution < 1.29 is 76.3 Å². The van der Waals surface area contributed by atoms with E-state index >= 15 is 0 Å². The van der Waals surface area contributed by atoms with Gasteiger partial charge in [-0.2, -0.15) is 0 Å². The van der Waals surface area contributed by atoms with E-state index in [1.165, 1.54) is 92.8 Å². The number of nitrogens with zero attached hydrogens (tertiary/aromatic N) is 5. The van der Waals surface area contributed by atoms with E-state index in [-0.39, 0.29) is 57.2 Å². The number of hydrogen-bond acceptors (Lipinski definition) is 16. The van der Waals surface area contributed by atoms with Crippen molar-refractivity contribution in [1.29, 1.82) is 0 Å². The lowest BCUT2D eigenvalue weighted by atomic mass is 9.87. The third-order valence-electron chi connectivity index (χ3n) is 15.6. The molecule has 0 aromatic heterocycles. The molecule has 2 bridgehead atoms. The van der Waals surface area contributed by atoms with Crippen LogP contribution in [0.2, 0.25) is 0 Å². The minimum Gasteiger partial charge on any atom is -0.493 e. The lowest BCUT2D eigenvalue weighted by molar-refractivity contribution is -0.165. The average Bonchev–Trinajstić information content (AvgIpc) is 3.62. The molecule has 3 heterocycles. The van der Waals surface area contributed by atoms with Gasteiger partial charge in [0.05, 0.1) is 39.0 Å². The van der Waals surface area contributed by atoms with Gasteiger partial charge in [-0.15, -0.1) is 0 Å². The van der Waals surface area contributed by atoms with Crippen LogP contribution in [-0.2, 0) is 63.8 Å². The molecule has 0 radical (unpaired) electrons. The number of carbonyl (C=O) groups excluding carboxylic acids is 9. The minimum absolute atomic E-state index is 0.0904. The van der Waals surface area contributed by atoms with Crippen molar-refractivity contribution in [2.24, 2.45) is 5.41 Å². The number of amides is 6. The van der Waals surface area contributed by atoms with Gasteiger partial charge >= 0.3 is 11.9 Å². The Bertz CT molecular complexity index is 2900. The molecular formula is C63H84N6O16. The van der Waals surface area contributed by atoms with Gasteiger partial charge in [0.25, 0.3) is 11.8 Å². The molecule has 0 aliphatic carbocycles. The predicted octanol–water partition coefficient (Wildman–Crippen LogP) is 5.58. The summed E-state index contributed by atoms with van der Waals surface area (Å²) in [6, 6.07) is 12.9. The number of cyclic esters (lactones) is 2. The Hall–Kier alpha value is -8.01. The van der Waals surface area contributed by atoms with Crippen molar-refractivity contribution in [3.63, 3.8) is 0 Å². The molecule has 2 fully saturated rings. The van der Waals surface area contributed by atoms with E-state index in [0.29, 0.717) is 60.5 Å². The molecule has 3 aromatic rings. The van der Waals surface area contributed by atoms with Crippen LogP contribution in [0.3, 0.4) is 0 Å². The molecule has 6 atom stereocenters. The Kier molecular flexibility index (Phi) is 23.1. The number of fused-ring (bicyclic) bond motifs is 4. The van der Waals surface area contributed by atoms with E-state index in [4.69, 9.17) is 33.2 Å². The zero-order valence-electron chi connectivity index (χ0n) is 51.1. The molecule has 3 aliphatic heterocycles. The number of benzene rings is 3. The van der Waals surface area contributed by atoms with Crippen LogP contribution in [0.1, 0.15) is 115 Å². The number of nitrogens with one attached hydrogen (secondary N) is 1. The normalized spacial score (nSPS) is 23.5. The van der Waals surface area contributed by atoms with Crippen molar-refractivity contribution in [2.75, 3.05) is 81.9 Å². The highest BCUT2D eigenvalue weighted by Crippen LogP contribution is 2.40. The number of carbonyl (C=O) groups is 9. The third kappa shape index (κ3) is 17.1. The van der Waals surface area contributed by atoms with Crippen molar-refractivity contribution in [3.8, 4) is 23.0 Å². The molecule has 2 saturated heterocycles. The van der Waals surface area contributed by atoms with E-state index in [1.54, 1.807) is 94.5 Å². The number of rotatable bonds is 9. The molecule has 0 spiro atoms. The molecule has 1 N–H and O–H groups in total. The summed E-state index contributed by atoms with van der Waals surface area (Å²) >= 11 is 0. The summed E-state index contributed by atoms with van der Waals surface area (Å²) < 4.78 is 40.8. The number of Topliss-reactive ketones (excluding diaryl/α,β-unsaturated/α-hetero) is 1. The van der Waals surface area contributed by atoms with E-state index in [0.717, 1.165) is 5.56 Å². The Morgan fingerprint density at radius 3 is 2.02 bits per heavy atom. The fourth-order valence-corrected chi connectivity index (χ4v) is 10.3. The smallest absolute Gasteiger partial charge is 0.330 e. The zero-order valence-corrected chi connectivity index (χ0v) is 51.1. The van der Waals surface area contributed by atoms with Crippen LogP contribution in [-0.4, -0.2) is 189 Å². The second-order valence-electron chi connectivity index (χ2n) is 23.3. The second-order valence-corrected chi connectivity index (χ2v) is 23.3.